The van der Waals surface area contributed by atoms with Crippen LogP contribution in [0.25, 0.3) is 6.08 Å². The topological polar surface area (TPSA) is 91.6 Å². The number of amides is 1. The molecule has 2 N–H and O–H groups in total. The lowest BCUT2D eigenvalue weighted by molar-refractivity contribution is -0.113. The highest BCUT2D eigenvalue weighted by Gasteiger charge is 2.34. The van der Waals surface area contributed by atoms with Gasteiger partial charge in [-0.2, -0.15) is 0 Å². The highest BCUT2D eigenvalue weighted by molar-refractivity contribution is 8.19. The zero-order chi connectivity index (χ0) is 22.9. The summed E-state index contributed by atoms with van der Waals surface area (Å²) in [6.45, 7) is 4.35. The first-order valence-electron chi connectivity index (χ1n) is 10.4. The lowest BCUT2D eigenvalue weighted by Gasteiger charge is -2.16. The molecule has 3 rings (SSSR count). The van der Waals surface area contributed by atoms with Crippen LogP contribution in [0.3, 0.4) is 0 Å². The first-order valence-corrected chi connectivity index (χ1v) is 11.3. The average Bonchev–Trinajstić information content (AvgIpc) is 3.08. The van der Waals surface area contributed by atoms with Crippen molar-refractivity contribution in [1.29, 1.82) is 0 Å². The Morgan fingerprint density at radius 1 is 1.09 bits per heavy atom. The maximum Gasteiger partial charge on any atom is 0.271 e. The third-order valence-corrected chi connectivity index (χ3v) is 5.37. The van der Waals surface area contributed by atoms with E-state index in [0.717, 1.165) is 11.3 Å². The van der Waals surface area contributed by atoms with Crippen LogP contribution in [-0.4, -0.2) is 59.9 Å². The number of para-hydroxylation sites is 1. The van der Waals surface area contributed by atoms with Gasteiger partial charge < -0.3 is 19.7 Å². The molecule has 7 nitrogen and oxygen atoms in total. The molecule has 170 valence electrons. The normalized spacial score (nSPS) is 17.5. The number of carbonyl (C=O) groups excluding carboxylic acids is 1. The van der Waals surface area contributed by atoms with E-state index < -0.39 is 6.10 Å². The van der Waals surface area contributed by atoms with Crippen molar-refractivity contribution in [3.8, 4) is 5.75 Å². The zero-order valence-corrected chi connectivity index (χ0v) is 19.0. The van der Waals surface area contributed by atoms with Crippen LogP contribution in [-0.2, 0) is 9.53 Å². The van der Waals surface area contributed by atoms with E-state index in [-0.39, 0.29) is 25.2 Å². The number of aliphatic hydroxyl groups excluding tert-OH is 2. The number of benzene rings is 2. The molecule has 1 heterocycles. The molecule has 0 saturated carbocycles. The van der Waals surface area contributed by atoms with Crippen molar-refractivity contribution in [3.63, 3.8) is 0 Å². The van der Waals surface area contributed by atoms with E-state index in [2.05, 4.69) is 4.99 Å². The maximum absolute atomic E-state index is 13.1. The Balaban J connectivity index is 1.65. The summed E-state index contributed by atoms with van der Waals surface area (Å²) in [6.07, 6.45) is 0.983. The van der Waals surface area contributed by atoms with Crippen molar-refractivity contribution < 1.29 is 24.5 Å². The van der Waals surface area contributed by atoms with Gasteiger partial charge in [-0.1, -0.05) is 30.3 Å². The van der Waals surface area contributed by atoms with Gasteiger partial charge in [0.15, 0.2) is 5.17 Å². The summed E-state index contributed by atoms with van der Waals surface area (Å²) in [6, 6.07) is 17.0. The van der Waals surface area contributed by atoms with E-state index in [0.29, 0.717) is 29.0 Å². The third-order valence-electron chi connectivity index (χ3n) is 4.38. The van der Waals surface area contributed by atoms with E-state index >= 15 is 0 Å². The summed E-state index contributed by atoms with van der Waals surface area (Å²) in [4.78, 5) is 20.0. The van der Waals surface area contributed by atoms with Crippen LogP contribution in [0.5, 0.6) is 5.75 Å². The van der Waals surface area contributed by atoms with E-state index in [1.165, 1.54) is 11.8 Å². The van der Waals surface area contributed by atoms with Crippen LogP contribution < -0.4 is 9.64 Å². The number of thioether (sulfide) groups is 1. The van der Waals surface area contributed by atoms with Gasteiger partial charge in [-0.3, -0.25) is 14.7 Å². The van der Waals surface area contributed by atoms with Gasteiger partial charge in [0.25, 0.3) is 5.91 Å². The molecule has 8 heteroatoms. The number of amidine groups is 1. The predicted molar refractivity (Wildman–Crippen MR) is 128 cm³/mol. The second-order valence-corrected chi connectivity index (χ2v) is 8.43. The minimum atomic E-state index is -0.873. The molecule has 2 aromatic rings. The molecule has 1 unspecified atom stereocenters. The van der Waals surface area contributed by atoms with E-state index in [9.17, 15) is 9.90 Å². The van der Waals surface area contributed by atoms with Crippen LogP contribution in [0.2, 0.25) is 0 Å². The summed E-state index contributed by atoms with van der Waals surface area (Å²) < 4.78 is 10.8. The van der Waals surface area contributed by atoms with Gasteiger partial charge in [0.2, 0.25) is 0 Å². The number of hydrogen-bond acceptors (Lipinski definition) is 7. The summed E-state index contributed by atoms with van der Waals surface area (Å²) in [5.74, 6) is 0.583. The quantitative estimate of drug-likeness (QED) is 0.421. The summed E-state index contributed by atoms with van der Waals surface area (Å²) >= 11 is 1.37. The number of rotatable bonds is 10. The van der Waals surface area contributed by atoms with Crippen molar-refractivity contribution in [3.05, 3.63) is 65.1 Å². The molecule has 1 saturated heterocycles. The number of anilines is 1. The van der Waals surface area contributed by atoms with Crippen LogP contribution in [0, 0.1) is 0 Å². The smallest absolute Gasteiger partial charge is 0.271 e. The monoisotopic (exact) mass is 456 g/mol. The van der Waals surface area contributed by atoms with Gasteiger partial charge in [0, 0.05) is 6.04 Å². The van der Waals surface area contributed by atoms with Crippen LogP contribution in [0.4, 0.5) is 5.69 Å². The second kappa shape index (κ2) is 11.8. The molecule has 1 aliphatic heterocycles. The summed E-state index contributed by atoms with van der Waals surface area (Å²) in [5, 5.41) is 18.6. The highest BCUT2D eigenvalue weighted by Crippen LogP contribution is 2.36. The van der Waals surface area contributed by atoms with Crippen molar-refractivity contribution in [1.82, 2.24) is 0 Å². The van der Waals surface area contributed by atoms with E-state index in [4.69, 9.17) is 14.6 Å². The van der Waals surface area contributed by atoms with Gasteiger partial charge in [0.1, 0.15) is 18.5 Å². The molecule has 1 atom stereocenters. The number of aliphatic imine (C=N–C) groups is 1. The van der Waals surface area contributed by atoms with Crippen molar-refractivity contribution in [2.24, 2.45) is 4.99 Å². The Kier molecular flexibility index (Phi) is 8.87. The zero-order valence-electron chi connectivity index (χ0n) is 18.2. The minimum Gasteiger partial charge on any atom is -0.491 e. The minimum absolute atomic E-state index is 0.0696. The fraction of sp³-hybridized carbons (Fsp3) is 0.333. The Hall–Kier alpha value is -2.65. The Morgan fingerprint density at radius 3 is 2.47 bits per heavy atom. The molecule has 1 fully saturated rings. The number of hydrogen-bond donors (Lipinski definition) is 2. The SMILES string of the molecule is CC(C)N=C1S/C(=C\c2ccc(OCCOCC(O)CO)cc2)C(=O)N1c1ccccc1. The van der Waals surface area contributed by atoms with E-state index in [1.807, 2.05) is 74.5 Å². The fourth-order valence-electron chi connectivity index (χ4n) is 2.89. The van der Waals surface area contributed by atoms with Crippen molar-refractivity contribution in [2.75, 3.05) is 31.3 Å². The molecule has 1 aliphatic rings. The van der Waals surface area contributed by atoms with E-state index in [1.54, 1.807) is 4.90 Å². The van der Waals surface area contributed by atoms with Gasteiger partial charge in [-0.25, -0.2) is 0 Å². The Bertz CT molecular complexity index is 945. The molecule has 0 radical (unpaired) electrons. The number of nitrogens with zero attached hydrogens (tertiary/aromatic N) is 2. The fourth-order valence-corrected chi connectivity index (χ4v) is 4.00. The number of ether oxygens (including phenoxy) is 2. The van der Waals surface area contributed by atoms with Crippen molar-refractivity contribution >= 4 is 34.6 Å². The molecule has 0 aromatic heterocycles. The molecule has 0 aliphatic carbocycles. The van der Waals surface area contributed by atoms with Crippen molar-refractivity contribution in [2.45, 2.75) is 26.0 Å². The molecule has 32 heavy (non-hydrogen) atoms. The average molecular weight is 457 g/mol. The maximum atomic E-state index is 13.1. The molecule has 0 bridgehead atoms. The van der Waals surface area contributed by atoms with Gasteiger partial charge in [-0.05, 0) is 61.5 Å². The predicted octanol–water partition coefficient (Wildman–Crippen LogP) is 3.32. The van der Waals surface area contributed by atoms with Crippen LogP contribution >= 0.6 is 11.8 Å². The largest absolute Gasteiger partial charge is 0.491 e. The lowest BCUT2D eigenvalue weighted by atomic mass is 10.2. The van der Waals surface area contributed by atoms with Gasteiger partial charge >= 0.3 is 0 Å². The second-order valence-electron chi connectivity index (χ2n) is 7.42. The highest BCUT2D eigenvalue weighted by atomic mass is 32.2. The number of aliphatic hydroxyl groups is 2. The van der Waals surface area contributed by atoms with Gasteiger partial charge in [-0.15, -0.1) is 0 Å². The van der Waals surface area contributed by atoms with Crippen LogP contribution in [0.1, 0.15) is 19.4 Å². The third kappa shape index (κ3) is 6.67. The molecule has 1 amide bonds. The van der Waals surface area contributed by atoms with Gasteiger partial charge in [0.05, 0.1) is 30.4 Å². The Morgan fingerprint density at radius 2 is 1.81 bits per heavy atom. The Labute approximate surface area is 192 Å². The molecular weight excluding hydrogens is 428 g/mol. The summed E-state index contributed by atoms with van der Waals surface area (Å²) in [7, 11) is 0. The standard InChI is InChI=1S/C24H28N2O5S/c1-17(2)25-24-26(19-6-4-3-5-7-19)23(29)22(32-24)14-18-8-10-21(11-9-18)31-13-12-30-16-20(28)15-27/h3-11,14,17,20,27-28H,12-13,15-16H2,1-2H3/b22-14-,25-24?. The number of carbonyl (C=O) groups is 1. The lowest BCUT2D eigenvalue weighted by Crippen LogP contribution is -2.29. The molecular formula is C24H28N2O5S. The van der Waals surface area contributed by atoms with Crippen LogP contribution in [0.15, 0.2) is 64.5 Å². The molecule has 0 spiro atoms. The first kappa shape index (κ1) is 24.0. The molecule has 2 aromatic carbocycles. The first-order chi connectivity index (χ1) is 15.5. The summed E-state index contributed by atoms with van der Waals surface area (Å²) in [5.41, 5.74) is 1.68.